The van der Waals surface area contributed by atoms with E-state index in [1.807, 2.05) is 43.3 Å². The maximum Gasteiger partial charge on any atom is 0.272 e. The number of nitrogens with one attached hydrogen (secondary N) is 2. The summed E-state index contributed by atoms with van der Waals surface area (Å²) in [5.74, 6) is 0.0956. The Morgan fingerprint density at radius 3 is 2.27 bits per heavy atom. The molecule has 0 saturated heterocycles. The first-order chi connectivity index (χ1) is 19.4. The lowest BCUT2D eigenvalue weighted by Crippen LogP contribution is -2.30. The number of Topliss-reactive ketones (excluding diaryl/α,β-unsaturated/α-hetero) is 1. The second-order valence-electron chi connectivity index (χ2n) is 8.58. The van der Waals surface area contributed by atoms with Gasteiger partial charge < -0.3 is 15.4 Å². The fourth-order valence-electron chi connectivity index (χ4n) is 3.67. The minimum absolute atomic E-state index is 0.00849. The molecule has 0 heterocycles. The van der Waals surface area contributed by atoms with Crippen molar-refractivity contribution in [3.8, 4) is 5.75 Å². The molecule has 4 aromatic rings. The molecule has 0 aliphatic heterocycles. The number of ether oxygens (including phenoxy) is 1. The Hall–Kier alpha value is -4.14. The van der Waals surface area contributed by atoms with Gasteiger partial charge in [-0.15, -0.1) is 11.8 Å². The maximum absolute atomic E-state index is 13.3. The highest BCUT2D eigenvalue weighted by Crippen LogP contribution is 2.24. The summed E-state index contributed by atoms with van der Waals surface area (Å²) >= 11 is 4.79. The number of hydrogen-bond donors (Lipinski definition) is 2. The van der Waals surface area contributed by atoms with Crippen molar-refractivity contribution < 1.29 is 19.1 Å². The van der Waals surface area contributed by atoms with Gasteiger partial charge in [0.2, 0.25) is 0 Å². The predicted molar refractivity (Wildman–Crippen MR) is 164 cm³/mol. The molecule has 8 heteroatoms. The molecule has 0 saturated carbocycles. The zero-order valence-corrected chi connectivity index (χ0v) is 24.1. The van der Waals surface area contributed by atoms with Crippen molar-refractivity contribution in [3.05, 3.63) is 130 Å². The lowest BCUT2D eigenvalue weighted by atomic mass is 10.1. The first kappa shape index (κ1) is 28.9. The van der Waals surface area contributed by atoms with Crippen molar-refractivity contribution >= 4 is 57.1 Å². The van der Waals surface area contributed by atoms with Gasteiger partial charge in [0, 0.05) is 26.2 Å². The zero-order valence-electron chi connectivity index (χ0n) is 21.7. The van der Waals surface area contributed by atoms with Gasteiger partial charge in [0.25, 0.3) is 11.8 Å². The Bertz CT molecular complexity index is 1500. The molecule has 0 unspecified atom stereocenters. The fourth-order valence-corrected chi connectivity index (χ4v) is 4.78. The molecule has 0 aromatic heterocycles. The molecule has 4 aromatic carbocycles. The smallest absolute Gasteiger partial charge is 0.272 e. The van der Waals surface area contributed by atoms with Gasteiger partial charge in [0.15, 0.2) is 5.78 Å². The molecule has 0 atom stereocenters. The molecule has 40 heavy (non-hydrogen) atoms. The van der Waals surface area contributed by atoms with E-state index in [1.54, 1.807) is 72.8 Å². The molecule has 6 nitrogen and oxygen atoms in total. The first-order valence-corrected chi connectivity index (χ1v) is 14.3. The van der Waals surface area contributed by atoms with Crippen molar-refractivity contribution in [2.45, 2.75) is 11.8 Å². The molecule has 0 aliphatic rings. The molecule has 4 rings (SSSR count). The fraction of sp³-hybridized carbons (Fsp3) is 0.0938. The third kappa shape index (κ3) is 8.43. The molecule has 2 N–H and O–H groups in total. The monoisotopic (exact) mass is 614 g/mol. The van der Waals surface area contributed by atoms with Crippen LogP contribution in [0.2, 0.25) is 0 Å². The number of ketones is 1. The van der Waals surface area contributed by atoms with E-state index < -0.39 is 11.8 Å². The number of rotatable bonds is 11. The largest absolute Gasteiger partial charge is 0.494 e. The number of halogens is 1. The van der Waals surface area contributed by atoms with Gasteiger partial charge in [-0.2, -0.15) is 0 Å². The number of hydrogen-bond acceptors (Lipinski definition) is 5. The second-order valence-corrected chi connectivity index (χ2v) is 10.5. The highest BCUT2D eigenvalue weighted by molar-refractivity contribution is 9.10. The van der Waals surface area contributed by atoms with Gasteiger partial charge in [-0.3, -0.25) is 14.4 Å². The topological polar surface area (TPSA) is 84.5 Å². The molecular formula is C32H27BrN2O4S. The van der Waals surface area contributed by atoms with Gasteiger partial charge >= 0.3 is 0 Å². The van der Waals surface area contributed by atoms with E-state index in [2.05, 4.69) is 26.6 Å². The lowest BCUT2D eigenvalue weighted by Gasteiger charge is -2.12. The van der Waals surface area contributed by atoms with Crippen LogP contribution < -0.4 is 15.4 Å². The summed E-state index contributed by atoms with van der Waals surface area (Å²) in [5, 5.41) is 5.61. The van der Waals surface area contributed by atoms with Crippen LogP contribution in [0.4, 0.5) is 5.69 Å². The van der Waals surface area contributed by atoms with Crippen LogP contribution in [0.25, 0.3) is 6.08 Å². The van der Waals surface area contributed by atoms with Crippen molar-refractivity contribution in [3.63, 3.8) is 0 Å². The summed E-state index contributed by atoms with van der Waals surface area (Å²) in [6.07, 6.45) is 1.62. The molecule has 0 bridgehead atoms. The summed E-state index contributed by atoms with van der Waals surface area (Å²) in [6, 6.07) is 30.4. The maximum atomic E-state index is 13.3. The van der Waals surface area contributed by atoms with Gasteiger partial charge in [-0.25, -0.2) is 0 Å². The predicted octanol–water partition coefficient (Wildman–Crippen LogP) is 7.23. The van der Waals surface area contributed by atoms with Crippen molar-refractivity contribution in [1.82, 2.24) is 5.32 Å². The SMILES string of the molecule is CCOc1ccc(C(=O)CSc2cccc(NC(=O)/C(=C/c3ccc(Br)cc3)NC(=O)c3ccccc3)c2)cc1. The third-order valence-corrected chi connectivity index (χ3v) is 7.18. The van der Waals surface area contributed by atoms with Gasteiger partial charge in [0.1, 0.15) is 11.4 Å². The third-order valence-electron chi connectivity index (χ3n) is 5.66. The Balaban J connectivity index is 1.45. The molecule has 0 spiro atoms. The van der Waals surface area contributed by atoms with Crippen LogP contribution in [0.15, 0.2) is 118 Å². The van der Waals surface area contributed by atoms with Crippen LogP contribution in [0.3, 0.4) is 0 Å². The summed E-state index contributed by atoms with van der Waals surface area (Å²) in [6.45, 7) is 2.48. The summed E-state index contributed by atoms with van der Waals surface area (Å²) in [7, 11) is 0. The molecule has 2 amide bonds. The standard InChI is InChI=1S/C32H27BrN2O4S/c1-2-39-27-17-13-23(14-18-27)30(36)21-40-28-10-6-9-26(20-28)34-32(38)29(19-22-11-15-25(33)16-12-22)35-31(37)24-7-4-3-5-8-24/h3-20H,2,21H2,1H3,(H,34,38)(H,35,37)/b29-19-. The number of carbonyl (C=O) groups excluding carboxylic acids is 3. The Morgan fingerprint density at radius 1 is 0.850 bits per heavy atom. The molecule has 0 aliphatic carbocycles. The average Bonchev–Trinajstić information content (AvgIpc) is 2.98. The van der Waals surface area contributed by atoms with Crippen LogP contribution in [-0.4, -0.2) is 30.0 Å². The van der Waals surface area contributed by atoms with E-state index in [4.69, 9.17) is 4.74 Å². The zero-order chi connectivity index (χ0) is 28.3. The number of thioether (sulfide) groups is 1. The Kier molecular flexibility index (Phi) is 10.3. The summed E-state index contributed by atoms with van der Waals surface area (Å²) in [4.78, 5) is 39.7. The van der Waals surface area contributed by atoms with E-state index >= 15 is 0 Å². The second kappa shape index (κ2) is 14.3. The van der Waals surface area contributed by atoms with Gasteiger partial charge in [-0.1, -0.05) is 52.3 Å². The molecular weight excluding hydrogens is 588 g/mol. The number of carbonyl (C=O) groups is 3. The van der Waals surface area contributed by atoms with Crippen LogP contribution in [-0.2, 0) is 4.79 Å². The number of benzene rings is 4. The van der Waals surface area contributed by atoms with E-state index in [1.165, 1.54) is 11.8 Å². The summed E-state index contributed by atoms with van der Waals surface area (Å²) < 4.78 is 6.34. The van der Waals surface area contributed by atoms with Crippen molar-refractivity contribution in [2.24, 2.45) is 0 Å². The van der Waals surface area contributed by atoms with Gasteiger partial charge in [-0.05, 0) is 85.3 Å². The first-order valence-electron chi connectivity index (χ1n) is 12.5. The minimum atomic E-state index is -0.472. The van der Waals surface area contributed by atoms with E-state index in [0.717, 1.165) is 20.7 Å². The normalized spacial score (nSPS) is 11.0. The van der Waals surface area contributed by atoms with Crippen LogP contribution >= 0.6 is 27.7 Å². The van der Waals surface area contributed by atoms with Crippen LogP contribution in [0.5, 0.6) is 5.75 Å². The number of amides is 2. The lowest BCUT2D eigenvalue weighted by molar-refractivity contribution is -0.113. The molecule has 0 radical (unpaired) electrons. The molecule has 0 fully saturated rings. The van der Waals surface area contributed by atoms with E-state index in [9.17, 15) is 14.4 Å². The highest BCUT2D eigenvalue weighted by Gasteiger charge is 2.16. The average molecular weight is 616 g/mol. The van der Waals surface area contributed by atoms with Gasteiger partial charge in [0.05, 0.1) is 12.4 Å². The minimum Gasteiger partial charge on any atom is -0.494 e. The molecule has 202 valence electrons. The van der Waals surface area contributed by atoms with E-state index in [-0.39, 0.29) is 17.2 Å². The van der Waals surface area contributed by atoms with Crippen LogP contribution in [0, 0.1) is 0 Å². The van der Waals surface area contributed by atoms with Crippen LogP contribution in [0.1, 0.15) is 33.2 Å². The Labute approximate surface area is 246 Å². The summed E-state index contributed by atoms with van der Waals surface area (Å²) in [5.41, 5.74) is 2.43. The van der Waals surface area contributed by atoms with Crippen molar-refractivity contribution in [1.29, 1.82) is 0 Å². The quantitative estimate of drug-likeness (QED) is 0.106. The highest BCUT2D eigenvalue weighted by atomic mass is 79.9. The van der Waals surface area contributed by atoms with Crippen molar-refractivity contribution in [2.75, 3.05) is 17.7 Å². The number of anilines is 1. The Morgan fingerprint density at radius 2 is 1.57 bits per heavy atom. The van der Waals surface area contributed by atoms with E-state index in [0.29, 0.717) is 23.4 Å².